The van der Waals surface area contributed by atoms with Crippen LogP contribution < -0.4 is 5.32 Å². The van der Waals surface area contributed by atoms with Crippen LogP contribution in [0.2, 0.25) is 0 Å². The summed E-state index contributed by atoms with van der Waals surface area (Å²) in [6.45, 7) is 0. The second-order valence-electron chi connectivity index (χ2n) is 4.29. The Labute approximate surface area is 129 Å². The lowest BCUT2D eigenvalue weighted by Crippen LogP contribution is -2.12. The summed E-state index contributed by atoms with van der Waals surface area (Å²) >= 11 is 2.77. The van der Waals surface area contributed by atoms with Gasteiger partial charge in [0.15, 0.2) is 5.13 Å². The van der Waals surface area contributed by atoms with Crippen LogP contribution in [0, 0.1) is 5.82 Å². The Hall–Kier alpha value is -1.92. The number of thioether (sulfide) groups is 1. The van der Waals surface area contributed by atoms with Crippen molar-refractivity contribution in [2.75, 3.05) is 11.6 Å². The molecule has 3 rings (SSSR count). The number of carbonyl (C=O) groups excluding carboxylic acids is 1. The predicted molar refractivity (Wildman–Crippen MR) is 85.8 cm³/mol. The molecule has 3 nitrogen and oxygen atoms in total. The fourth-order valence-corrected chi connectivity index (χ4v) is 3.43. The van der Waals surface area contributed by atoms with Crippen LogP contribution in [-0.4, -0.2) is 17.1 Å². The number of nitrogens with one attached hydrogen (secondary N) is 1. The number of anilines is 1. The van der Waals surface area contributed by atoms with Crippen molar-refractivity contribution in [1.29, 1.82) is 0 Å². The third-order valence-electron chi connectivity index (χ3n) is 2.92. The number of hydrogen-bond acceptors (Lipinski definition) is 4. The molecule has 0 aliphatic rings. The standard InChI is InChI=1S/C15H11FN2OS2/c1-20-12-5-3-2-4-10(12)14(19)18-15-17-11-7-6-9(16)8-13(11)21-15/h2-8H,1H3,(H,17,18,19). The second kappa shape index (κ2) is 5.83. The predicted octanol–water partition coefficient (Wildman–Crippen LogP) is 4.41. The quantitative estimate of drug-likeness (QED) is 0.727. The van der Waals surface area contributed by atoms with E-state index in [-0.39, 0.29) is 11.7 Å². The lowest BCUT2D eigenvalue weighted by Gasteiger charge is -2.05. The topological polar surface area (TPSA) is 42.0 Å². The number of thiazole rings is 1. The Kier molecular flexibility index (Phi) is 3.90. The molecule has 0 aliphatic heterocycles. The molecule has 1 amide bonds. The molecular weight excluding hydrogens is 307 g/mol. The fourth-order valence-electron chi connectivity index (χ4n) is 1.95. The normalized spacial score (nSPS) is 10.8. The number of aromatic nitrogens is 1. The summed E-state index contributed by atoms with van der Waals surface area (Å²) in [4.78, 5) is 17.5. The Bertz CT molecular complexity index is 816. The van der Waals surface area contributed by atoms with Crippen molar-refractivity contribution in [2.45, 2.75) is 4.90 Å². The third kappa shape index (κ3) is 2.91. The maximum atomic E-state index is 13.2. The summed E-state index contributed by atoms with van der Waals surface area (Å²) < 4.78 is 13.9. The molecular formula is C15H11FN2OS2. The van der Waals surface area contributed by atoms with Crippen molar-refractivity contribution < 1.29 is 9.18 Å². The average molecular weight is 318 g/mol. The highest BCUT2D eigenvalue weighted by atomic mass is 32.2. The van der Waals surface area contributed by atoms with Gasteiger partial charge in [-0.2, -0.15) is 0 Å². The van der Waals surface area contributed by atoms with Gasteiger partial charge in [0.2, 0.25) is 0 Å². The van der Waals surface area contributed by atoms with E-state index >= 15 is 0 Å². The van der Waals surface area contributed by atoms with E-state index in [4.69, 9.17) is 0 Å². The molecule has 0 spiro atoms. The van der Waals surface area contributed by atoms with Gasteiger partial charge in [0.25, 0.3) is 5.91 Å². The highest BCUT2D eigenvalue weighted by molar-refractivity contribution is 7.98. The van der Waals surface area contributed by atoms with Crippen molar-refractivity contribution in [1.82, 2.24) is 4.98 Å². The van der Waals surface area contributed by atoms with E-state index in [1.165, 1.54) is 35.2 Å². The highest BCUT2D eigenvalue weighted by Crippen LogP contribution is 2.27. The molecule has 1 heterocycles. The van der Waals surface area contributed by atoms with E-state index in [1.807, 2.05) is 24.5 Å². The van der Waals surface area contributed by atoms with E-state index in [9.17, 15) is 9.18 Å². The van der Waals surface area contributed by atoms with Gasteiger partial charge in [0, 0.05) is 4.90 Å². The van der Waals surface area contributed by atoms with Gasteiger partial charge in [0.05, 0.1) is 15.8 Å². The van der Waals surface area contributed by atoms with Gasteiger partial charge in [-0.15, -0.1) is 11.8 Å². The molecule has 106 valence electrons. The minimum atomic E-state index is -0.309. The number of fused-ring (bicyclic) bond motifs is 1. The molecule has 21 heavy (non-hydrogen) atoms. The Morgan fingerprint density at radius 3 is 2.90 bits per heavy atom. The van der Waals surface area contributed by atoms with Gasteiger partial charge in [-0.25, -0.2) is 9.37 Å². The van der Waals surface area contributed by atoms with E-state index in [1.54, 1.807) is 12.1 Å². The first-order chi connectivity index (χ1) is 10.2. The second-order valence-corrected chi connectivity index (χ2v) is 6.16. The zero-order chi connectivity index (χ0) is 14.8. The molecule has 6 heteroatoms. The van der Waals surface area contributed by atoms with Crippen LogP contribution >= 0.6 is 23.1 Å². The Morgan fingerprint density at radius 2 is 2.10 bits per heavy atom. The first-order valence-electron chi connectivity index (χ1n) is 6.18. The molecule has 0 saturated heterocycles. The number of benzene rings is 2. The summed E-state index contributed by atoms with van der Waals surface area (Å²) in [5.41, 5.74) is 1.28. The first kappa shape index (κ1) is 14.0. The number of hydrogen-bond donors (Lipinski definition) is 1. The van der Waals surface area contributed by atoms with Crippen LogP contribution in [0.25, 0.3) is 10.2 Å². The molecule has 1 N–H and O–H groups in total. The summed E-state index contributed by atoms with van der Waals surface area (Å²) in [7, 11) is 0. The Morgan fingerprint density at radius 1 is 1.29 bits per heavy atom. The van der Waals surface area contributed by atoms with Crippen LogP contribution in [0.4, 0.5) is 9.52 Å². The molecule has 0 fully saturated rings. The van der Waals surface area contributed by atoms with Crippen molar-refractivity contribution in [3.8, 4) is 0 Å². The monoisotopic (exact) mass is 318 g/mol. The van der Waals surface area contributed by atoms with Gasteiger partial charge < -0.3 is 0 Å². The van der Waals surface area contributed by atoms with Gasteiger partial charge >= 0.3 is 0 Å². The van der Waals surface area contributed by atoms with Crippen LogP contribution in [0.15, 0.2) is 47.4 Å². The van der Waals surface area contributed by atoms with E-state index in [0.29, 0.717) is 20.9 Å². The molecule has 1 aromatic heterocycles. The molecule has 2 aromatic carbocycles. The summed E-state index contributed by atoms with van der Waals surface area (Å²) in [5.74, 6) is -0.517. The minimum Gasteiger partial charge on any atom is -0.298 e. The number of halogens is 1. The summed E-state index contributed by atoms with van der Waals surface area (Å²) in [6, 6.07) is 11.8. The van der Waals surface area contributed by atoms with Gasteiger partial charge in [-0.1, -0.05) is 23.5 Å². The molecule has 0 saturated carbocycles. The van der Waals surface area contributed by atoms with Crippen LogP contribution in [0.3, 0.4) is 0 Å². The zero-order valence-electron chi connectivity index (χ0n) is 11.1. The lowest BCUT2D eigenvalue weighted by molar-refractivity contribution is 0.102. The van der Waals surface area contributed by atoms with Crippen molar-refractivity contribution in [3.05, 3.63) is 53.8 Å². The number of carbonyl (C=O) groups is 1. The Balaban J connectivity index is 1.89. The van der Waals surface area contributed by atoms with Crippen molar-refractivity contribution >= 4 is 44.4 Å². The van der Waals surface area contributed by atoms with Crippen LogP contribution in [0.5, 0.6) is 0 Å². The van der Waals surface area contributed by atoms with Crippen molar-refractivity contribution in [2.24, 2.45) is 0 Å². The van der Waals surface area contributed by atoms with Crippen LogP contribution in [0.1, 0.15) is 10.4 Å². The van der Waals surface area contributed by atoms with Crippen LogP contribution in [-0.2, 0) is 0 Å². The largest absolute Gasteiger partial charge is 0.298 e. The van der Waals surface area contributed by atoms with E-state index < -0.39 is 0 Å². The maximum Gasteiger partial charge on any atom is 0.258 e. The van der Waals surface area contributed by atoms with Gasteiger partial charge in [-0.05, 0) is 36.6 Å². The number of nitrogens with zero attached hydrogens (tertiary/aromatic N) is 1. The summed E-state index contributed by atoms with van der Waals surface area (Å²) in [5, 5.41) is 3.24. The zero-order valence-corrected chi connectivity index (χ0v) is 12.7. The first-order valence-corrected chi connectivity index (χ1v) is 8.22. The lowest BCUT2D eigenvalue weighted by atomic mass is 10.2. The molecule has 0 atom stereocenters. The number of amides is 1. The molecule has 0 radical (unpaired) electrons. The van der Waals surface area contributed by atoms with Gasteiger partial charge in [-0.3, -0.25) is 10.1 Å². The fraction of sp³-hybridized carbons (Fsp3) is 0.0667. The minimum absolute atomic E-state index is 0.209. The SMILES string of the molecule is CSc1ccccc1C(=O)Nc1nc2ccc(F)cc2s1. The van der Waals surface area contributed by atoms with E-state index in [0.717, 1.165) is 4.90 Å². The molecule has 0 unspecified atom stereocenters. The van der Waals surface area contributed by atoms with Crippen molar-refractivity contribution in [3.63, 3.8) is 0 Å². The van der Waals surface area contributed by atoms with Gasteiger partial charge in [0.1, 0.15) is 5.82 Å². The summed E-state index contributed by atoms with van der Waals surface area (Å²) in [6.07, 6.45) is 1.92. The number of rotatable bonds is 3. The highest BCUT2D eigenvalue weighted by Gasteiger charge is 2.13. The molecule has 0 aliphatic carbocycles. The molecule has 3 aromatic rings. The smallest absolute Gasteiger partial charge is 0.258 e. The molecule has 0 bridgehead atoms. The third-order valence-corrected chi connectivity index (χ3v) is 4.65. The maximum absolute atomic E-state index is 13.2. The van der Waals surface area contributed by atoms with E-state index in [2.05, 4.69) is 10.3 Å². The average Bonchev–Trinajstić information content (AvgIpc) is 2.88.